The minimum atomic E-state index is -3.09. The van der Waals surface area contributed by atoms with Crippen molar-refractivity contribution in [1.29, 1.82) is 0 Å². The molecule has 0 aliphatic carbocycles. The number of amides is 1. The highest BCUT2D eigenvalue weighted by atomic mass is 32.2. The van der Waals surface area contributed by atoms with Crippen molar-refractivity contribution in [2.45, 2.75) is 32.7 Å². The maximum absolute atomic E-state index is 13.0. The van der Waals surface area contributed by atoms with Gasteiger partial charge in [-0.15, -0.1) is 0 Å². The molecular weight excluding hydrogens is 448 g/mol. The smallest absolute Gasteiger partial charge is 0.271 e. The van der Waals surface area contributed by atoms with Gasteiger partial charge < -0.3 is 10.3 Å². The first kappa shape index (κ1) is 22.4. The highest BCUT2D eigenvalue weighted by Gasteiger charge is 2.32. The van der Waals surface area contributed by atoms with Crippen molar-refractivity contribution >= 4 is 26.6 Å². The van der Waals surface area contributed by atoms with Crippen LogP contribution < -0.4 is 5.32 Å². The fourth-order valence-corrected chi connectivity index (χ4v) is 6.30. The van der Waals surface area contributed by atoms with E-state index in [0.717, 1.165) is 33.3 Å². The van der Waals surface area contributed by atoms with Crippen molar-refractivity contribution in [2.75, 3.05) is 18.1 Å². The number of hydrogen-bond acceptors (Lipinski definition) is 4. The van der Waals surface area contributed by atoms with E-state index in [-0.39, 0.29) is 23.5 Å². The van der Waals surface area contributed by atoms with Crippen molar-refractivity contribution in [1.82, 2.24) is 20.1 Å². The first-order valence-electron chi connectivity index (χ1n) is 11.5. The van der Waals surface area contributed by atoms with E-state index < -0.39 is 9.84 Å². The number of sulfone groups is 1. The molecule has 0 bridgehead atoms. The lowest BCUT2D eigenvalue weighted by Gasteiger charge is -2.14. The lowest BCUT2D eigenvalue weighted by molar-refractivity contribution is 0.0948. The molecule has 1 fully saturated rings. The molecule has 1 amide bonds. The van der Waals surface area contributed by atoms with E-state index in [1.807, 2.05) is 50.4 Å². The lowest BCUT2D eigenvalue weighted by Crippen LogP contribution is -2.26. The molecule has 1 saturated heterocycles. The van der Waals surface area contributed by atoms with Crippen molar-refractivity contribution < 1.29 is 13.2 Å². The van der Waals surface area contributed by atoms with E-state index in [9.17, 15) is 13.2 Å². The van der Waals surface area contributed by atoms with Crippen LogP contribution >= 0.6 is 0 Å². The predicted molar refractivity (Wildman–Crippen MR) is 134 cm³/mol. The maximum Gasteiger partial charge on any atom is 0.271 e. The number of aromatic amines is 1. The average Bonchev–Trinajstić information content (AvgIpc) is 3.52. The van der Waals surface area contributed by atoms with Crippen LogP contribution in [-0.4, -0.2) is 47.1 Å². The summed E-state index contributed by atoms with van der Waals surface area (Å²) in [4.78, 5) is 16.2. The predicted octanol–water partition coefficient (Wildman–Crippen LogP) is 3.98. The number of aryl methyl sites for hydroxylation is 2. The summed E-state index contributed by atoms with van der Waals surface area (Å²) in [5, 5.41) is 8.71. The molecular formula is C26H28N4O3S. The molecule has 0 saturated carbocycles. The molecule has 5 rings (SSSR count). The fraction of sp³-hybridized carbons (Fsp3) is 0.308. The number of para-hydroxylation sites is 1. The summed E-state index contributed by atoms with van der Waals surface area (Å²) in [5.74, 6) is -0.0611. The number of hydrogen-bond donors (Lipinski definition) is 2. The lowest BCUT2D eigenvalue weighted by atomic mass is 10.0. The molecule has 3 heterocycles. The van der Waals surface area contributed by atoms with Gasteiger partial charge in [0.25, 0.3) is 5.91 Å². The number of benzene rings is 2. The minimum absolute atomic E-state index is 0.0497. The van der Waals surface area contributed by atoms with Gasteiger partial charge in [0.1, 0.15) is 0 Å². The van der Waals surface area contributed by atoms with Gasteiger partial charge in [0.2, 0.25) is 0 Å². The first-order chi connectivity index (χ1) is 16.3. The third-order valence-electron chi connectivity index (χ3n) is 6.68. The van der Waals surface area contributed by atoms with Crippen LogP contribution in [0.25, 0.3) is 22.2 Å². The van der Waals surface area contributed by atoms with E-state index in [0.29, 0.717) is 25.1 Å². The summed E-state index contributed by atoms with van der Waals surface area (Å²) in [5.41, 5.74) is 6.53. The Morgan fingerprint density at radius 3 is 2.74 bits per heavy atom. The van der Waals surface area contributed by atoms with E-state index in [4.69, 9.17) is 0 Å². The number of aromatic nitrogens is 3. The molecule has 2 N–H and O–H groups in total. The van der Waals surface area contributed by atoms with E-state index in [1.165, 1.54) is 5.56 Å². The number of nitrogens with zero attached hydrogens (tertiary/aromatic N) is 2. The van der Waals surface area contributed by atoms with Gasteiger partial charge in [0.05, 0.1) is 23.2 Å². The Kier molecular flexibility index (Phi) is 5.77. The first-order valence-corrected chi connectivity index (χ1v) is 13.3. The summed E-state index contributed by atoms with van der Waals surface area (Å²) in [6, 6.07) is 15.7. The Hall–Kier alpha value is -3.39. The van der Waals surface area contributed by atoms with E-state index in [1.54, 1.807) is 10.7 Å². The van der Waals surface area contributed by atoms with Crippen molar-refractivity contribution in [3.05, 3.63) is 77.1 Å². The van der Waals surface area contributed by atoms with Gasteiger partial charge in [-0.2, -0.15) is 5.10 Å². The summed E-state index contributed by atoms with van der Waals surface area (Å²) in [6.07, 6.45) is 3.18. The standard InChI is InChI=1S/C26H28N4O3S/c1-17-7-8-19(13-18(17)2)25-14-24(29-30(25)21-10-12-34(32,33)16-21)26(31)27-11-9-20-15-28-23-6-4-3-5-22(20)23/h3-8,13-15,21,28H,9-12,16H2,1-2H3,(H,27,31). The Balaban J connectivity index is 1.38. The highest BCUT2D eigenvalue weighted by Crippen LogP contribution is 2.31. The third-order valence-corrected chi connectivity index (χ3v) is 8.43. The number of carbonyl (C=O) groups excluding carboxylic acids is 1. The fourth-order valence-electron chi connectivity index (χ4n) is 4.61. The molecule has 176 valence electrons. The Morgan fingerprint density at radius 1 is 1.15 bits per heavy atom. The Bertz CT molecular complexity index is 1480. The zero-order valence-electron chi connectivity index (χ0n) is 19.3. The Labute approximate surface area is 199 Å². The van der Waals surface area contributed by atoms with Crippen LogP contribution in [-0.2, 0) is 16.3 Å². The second-order valence-electron chi connectivity index (χ2n) is 9.08. The van der Waals surface area contributed by atoms with E-state index >= 15 is 0 Å². The zero-order chi connectivity index (χ0) is 23.9. The largest absolute Gasteiger partial charge is 0.361 e. The van der Waals surface area contributed by atoms with Crippen molar-refractivity contribution in [3.8, 4) is 11.3 Å². The van der Waals surface area contributed by atoms with Crippen LogP contribution in [0.5, 0.6) is 0 Å². The van der Waals surface area contributed by atoms with Gasteiger partial charge in [-0.25, -0.2) is 8.42 Å². The minimum Gasteiger partial charge on any atom is -0.361 e. The number of rotatable bonds is 6. The molecule has 0 radical (unpaired) electrons. The third kappa shape index (κ3) is 4.37. The summed E-state index contributed by atoms with van der Waals surface area (Å²) in [6.45, 7) is 4.56. The summed E-state index contributed by atoms with van der Waals surface area (Å²) in [7, 11) is -3.09. The van der Waals surface area contributed by atoms with Crippen LogP contribution in [0.2, 0.25) is 0 Å². The molecule has 1 unspecified atom stereocenters. The average molecular weight is 477 g/mol. The van der Waals surface area contributed by atoms with Gasteiger partial charge in [-0.3, -0.25) is 9.48 Å². The molecule has 34 heavy (non-hydrogen) atoms. The molecule has 0 spiro atoms. The summed E-state index contributed by atoms with van der Waals surface area (Å²) < 4.78 is 26.0. The second kappa shape index (κ2) is 8.76. The van der Waals surface area contributed by atoms with Crippen molar-refractivity contribution in [3.63, 3.8) is 0 Å². The monoisotopic (exact) mass is 476 g/mol. The molecule has 4 aromatic rings. The number of nitrogens with one attached hydrogen (secondary N) is 2. The number of carbonyl (C=O) groups is 1. The van der Waals surface area contributed by atoms with Crippen LogP contribution in [0.1, 0.15) is 39.6 Å². The van der Waals surface area contributed by atoms with Crippen LogP contribution in [0.3, 0.4) is 0 Å². The van der Waals surface area contributed by atoms with Gasteiger partial charge >= 0.3 is 0 Å². The van der Waals surface area contributed by atoms with Crippen molar-refractivity contribution in [2.24, 2.45) is 0 Å². The number of fused-ring (bicyclic) bond motifs is 1. The maximum atomic E-state index is 13.0. The quantitative estimate of drug-likeness (QED) is 0.440. The van der Waals surface area contributed by atoms with Gasteiger partial charge in [-0.05, 0) is 61.6 Å². The van der Waals surface area contributed by atoms with Gasteiger partial charge in [-0.1, -0.05) is 30.3 Å². The number of H-pyrrole nitrogens is 1. The SMILES string of the molecule is Cc1ccc(-c2cc(C(=O)NCCc3c[nH]c4ccccc34)nn2C2CCS(=O)(=O)C2)cc1C. The van der Waals surface area contributed by atoms with Gasteiger partial charge in [0, 0.05) is 29.2 Å². The molecule has 1 aliphatic rings. The molecule has 1 aliphatic heterocycles. The van der Waals surface area contributed by atoms with Crippen LogP contribution in [0, 0.1) is 13.8 Å². The molecule has 8 heteroatoms. The topological polar surface area (TPSA) is 96.8 Å². The molecule has 2 aromatic carbocycles. The zero-order valence-corrected chi connectivity index (χ0v) is 20.2. The highest BCUT2D eigenvalue weighted by molar-refractivity contribution is 7.91. The van der Waals surface area contributed by atoms with Crippen LogP contribution in [0.4, 0.5) is 0 Å². The normalized spacial score (nSPS) is 17.3. The molecule has 1 atom stereocenters. The Morgan fingerprint density at radius 2 is 1.97 bits per heavy atom. The van der Waals surface area contributed by atoms with E-state index in [2.05, 4.69) is 27.5 Å². The molecule has 2 aromatic heterocycles. The second-order valence-corrected chi connectivity index (χ2v) is 11.3. The van der Waals surface area contributed by atoms with Gasteiger partial charge in [0.15, 0.2) is 15.5 Å². The molecule has 7 nitrogen and oxygen atoms in total. The van der Waals surface area contributed by atoms with Crippen LogP contribution in [0.15, 0.2) is 54.7 Å². The summed E-state index contributed by atoms with van der Waals surface area (Å²) >= 11 is 0.